The van der Waals surface area contributed by atoms with Crippen molar-refractivity contribution in [2.75, 3.05) is 24.6 Å². The van der Waals surface area contributed by atoms with Gasteiger partial charge in [0.05, 0.1) is 17.8 Å². The van der Waals surface area contributed by atoms with E-state index in [0.717, 1.165) is 12.1 Å². The van der Waals surface area contributed by atoms with Gasteiger partial charge in [0.2, 0.25) is 0 Å². The monoisotopic (exact) mass is 432 g/mol. The maximum absolute atomic E-state index is 14.4. The van der Waals surface area contributed by atoms with Crippen LogP contribution in [0.5, 0.6) is 0 Å². The number of hydrogen-bond donors (Lipinski definition) is 1. The highest BCUT2D eigenvalue weighted by atomic mass is 19.4. The molecular weight excluding hydrogens is 412 g/mol. The van der Waals surface area contributed by atoms with Crippen LogP contribution in [0.4, 0.5) is 23.4 Å². The Hall–Kier alpha value is -3.07. The van der Waals surface area contributed by atoms with Crippen molar-refractivity contribution in [3.63, 3.8) is 0 Å². The summed E-state index contributed by atoms with van der Waals surface area (Å²) in [5.41, 5.74) is 0.810. The van der Waals surface area contributed by atoms with E-state index in [1.165, 1.54) is 12.1 Å². The second-order valence-electron chi connectivity index (χ2n) is 7.45. The Labute approximate surface area is 176 Å². The highest BCUT2D eigenvalue weighted by Gasteiger charge is 2.31. The smallest absolute Gasteiger partial charge is 0.396 e. The van der Waals surface area contributed by atoms with Crippen molar-refractivity contribution in [3.8, 4) is 22.6 Å². The molecule has 9 heteroatoms. The van der Waals surface area contributed by atoms with Gasteiger partial charge >= 0.3 is 6.18 Å². The standard InChI is InChI=1S/C22H20F4N4O/c23-18-12-30(9-7-16(18)13-31)20-10-19(14-3-5-17(6-4-14)22(24,25)26)28-21(29-20)15-2-1-8-27-11-15/h1-6,8,10-11,16,18,31H,7,9,12-13H2/t16-,18+/m1/s1. The van der Waals surface area contributed by atoms with Gasteiger partial charge < -0.3 is 10.0 Å². The molecule has 1 fully saturated rings. The molecule has 4 rings (SSSR count). The topological polar surface area (TPSA) is 62.1 Å². The number of hydrogen-bond acceptors (Lipinski definition) is 5. The Kier molecular flexibility index (Phi) is 5.86. The minimum atomic E-state index is -4.43. The maximum atomic E-state index is 14.4. The van der Waals surface area contributed by atoms with Crippen LogP contribution in [0.2, 0.25) is 0 Å². The minimum absolute atomic E-state index is 0.0706. The van der Waals surface area contributed by atoms with Crippen LogP contribution in [0, 0.1) is 5.92 Å². The molecule has 162 valence electrons. The lowest BCUT2D eigenvalue weighted by Crippen LogP contribution is -2.43. The van der Waals surface area contributed by atoms with Crippen LogP contribution in [0.1, 0.15) is 12.0 Å². The predicted octanol–water partition coefficient (Wildman–Crippen LogP) is 4.38. The van der Waals surface area contributed by atoms with Crippen molar-refractivity contribution in [2.24, 2.45) is 5.92 Å². The molecule has 1 saturated heterocycles. The first-order valence-corrected chi connectivity index (χ1v) is 9.82. The number of aliphatic hydroxyl groups excluding tert-OH is 1. The largest absolute Gasteiger partial charge is 0.416 e. The molecule has 0 unspecified atom stereocenters. The van der Waals surface area contributed by atoms with Crippen molar-refractivity contribution in [1.82, 2.24) is 15.0 Å². The van der Waals surface area contributed by atoms with E-state index in [-0.39, 0.29) is 13.2 Å². The third kappa shape index (κ3) is 4.66. The van der Waals surface area contributed by atoms with Crippen molar-refractivity contribution >= 4 is 5.82 Å². The quantitative estimate of drug-likeness (QED) is 0.620. The van der Waals surface area contributed by atoms with Gasteiger partial charge in [0.15, 0.2) is 5.82 Å². The molecule has 5 nitrogen and oxygen atoms in total. The molecule has 0 saturated carbocycles. The SMILES string of the molecule is OC[C@H]1CCN(c2cc(-c3ccc(C(F)(F)F)cc3)nc(-c3cccnc3)n2)C[C@@H]1F. The number of pyridine rings is 1. The fourth-order valence-electron chi connectivity index (χ4n) is 3.57. The molecule has 0 amide bonds. The number of benzene rings is 1. The van der Waals surface area contributed by atoms with Gasteiger partial charge in [-0.2, -0.15) is 13.2 Å². The molecule has 31 heavy (non-hydrogen) atoms. The summed E-state index contributed by atoms with van der Waals surface area (Å²) in [6, 6.07) is 9.88. The summed E-state index contributed by atoms with van der Waals surface area (Å²) in [4.78, 5) is 14.9. The van der Waals surface area contributed by atoms with Gasteiger partial charge in [0.1, 0.15) is 12.0 Å². The summed E-state index contributed by atoms with van der Waals surface area (Å²) in [5.74, 6) is 0.410. The van der Waals surface area contributed by atoms with Gasteiger partial charge in [-0.25, -0.2) is 14.4 Å². The van der Waals surface area contributed by atoms with Gasteiger partial charge in [-0.05, 0) is 30.7 Å². The third-order valence-corrected chi connectivity index (χ3v) is 5.37. The van der Waals surface area contributed by atoms with E-state index < -0.39 is 23.8 Å². The Morgan fingerprint density at radius 3 is 2.45 bits per heavy atom. The first-order valence-electron chi connectivity index (χ1n) is 9.82. The normalized spacial score (nSPS) is 19.5. The number of aromatic nitrogens is 3. The number of anilines is 1. The molecule has 1 aromatic carbocycles. The Morgan fingerprint density at radius 2 is 1.84 bits per heavy atom. The van der Waals surface area contributed by atoms with Crippen molar-refractivity contribution < 1.29 is 22.7 Å². The van der Waals surface area contributed by atoms with Gasteiger partial charge in [-0.3, -0.25) is 4.98 Å². The zero-order valence-corrected chi connectivity index (χ0v) is 16.4. The van der Waals surface area contributed by atoms with Crippen LogP contribution in [0.3, 0.4) is 0 Å². The molecule has 2 aromatic heterocycles. The van der Waals surface area contributed by atoms with E-state index in [4.69, 9.17) is 0 Å². The molecular formula is C22H20F4N4O. The van der Waals surface area contributed by atoms with Gasteiger partial charge in [-0.15, -0.1) is 0 Å². The summed E-state index contributed by atoms with van der Waals surface area (Å²) in [5, 5.41) is 9.31. The number of piperidine rings is 1. The minimum Gasteiger partial charge on any atom is -0.396 e. The van der Waals surface area contributed by atoms with Crippen molar-refractivity contribution in [2.45, 2.75) is 18.8 Å². The molecule has 3 aromatic rings. The summed E-state index contributed by atoms with van der Waals surface area (Å²) in [6.07, 6.45) is -1.96. The van der Waals surface area contributed by atoms with Gasteiger partial charge in [0.25, 0.3) is 0 Å². The molecule has 0 radical (unpaired) electrons. The number of aliphatic hydroxyl groups is 1. The predicted molar refractivity (Wildman–Crippen MR) is 108 cm³/mol. The summed E-state index contributed by atoms with van der Waals surface area (Å²) in [6.45, 7) is 0.360. The summed E-state index contributed by atoms with van der Waals surface area (Å²) in [7, 11) is 0. The zero-order chi connectivity index (χ0) is 22.0. The Bertz CT molecular complexity index is 1030. The average Bonchev–Trinajstić information content (AvgIpc) is 2.79. The Morgan fingerprint density at radius 1 is 1.06 bits per heavy atom. The molecule has 2 atom stereocenters. The summed E-state index contributed by atoms with van der Waals surface area (Å²) < 4.78 is 53.2. The van der Waals surface area contributed by atoms with E-state index in [2.05, 4.69) is 15.0 Å². The maximum Gasteiger partial charge on any atom is 0.416 e. The highest BCUT2D eigenvalue weighted by Crippen LogP contribution is 2.33. The highest BCUT2D eigenvalue weighted by molar-refractivity contribution is 5.68. The zero-order valence-electron chi connectivity index (χ0n) is 16.4. The first-order chi connectivity index (χ1) is 14.8. The lowest BCUT2D eigenvalue weighted by Gasteiger charge is -2.34. The van der Waals surface area contributed by atoms with Crippen LogP contribution in [0.15, 0.2) is 54.9 Å². The first kappa shape index (κ1) is 21.2. The molecule has 1 aliphatic rings. The summed E-state index contributed by atoms with van der Waals surface area (Å²) >= 11 is 0. The van der Waals surface area contributed by atoms with E-state index in [0.29, 0.717) is 41.4 Å². The van der Waals surface area contributed by atoms with Crippen molar-refractivity contribution in [3.05, 3.63) is 60.4 Å². The fraction of sp³-hybridized carbons (Fsp3) is 0.318. The molecule has 0 spiro atoms. The number of nitrogens with zero attached hydrogens (tertiary/aromatic N) is 4. The van der Waals surface area contributed by atoms with Gasteiger partial charge in [0, 0.05) is 48.7 Å². The molecule has 1 aliphatic heterocycles. The lowest BCUT2D eigenvalue weighted by atomic mass is 9.96. The van der Waals surface area contributed by atoms with Crippen molar-refractivity contribution in [1.29, 1.82) is 0 Å². The van der Waals surface area contributed by atoms with Gasteiger partial charge in [-0.1, -0.05) is 12.1 Å². The third-order valence-electron chi connectivity index (χ3n) is 5.37. The van der Waals surface area contributed by atoms with Crippen LogP contribution in [0.25, 0.3) is 22.6 Å². The van der Waals surface area contributed by atoms with E-state index in [1.807, 2.05) is 0 Å². The van der Waals surface area contributed by atoms with E-state index in [9.17, 15) is 22.7 Å². The van der Waals surface area contributed by atoms with E-state index >= 15 is 0 Å². The second-order valence-corrected chi connectivity index (χ2v) is 7.45. The van der Waals surface area contributed by atoms with Crippen LogP contribution in [-0.4, -0.2) is 45.9 Å². The average molecular weight is 432 g/mol. The molecule has 3 heterocycles. The number of rotatable bonds is 4. The molecule has 0 aliphatic carbocycles. The number of alkyl halides is 4. The Balaban J connectivity index is 1.74. The second kappa shape index (κ2) is 8.58. The van der Waals surface area contributed by atoms with Crippen LogP contribution in [-0.2, 0) is 6.18 Å². The molecule has 1 N–H and O–H groups in total. The molecule has 0 bridgehead atoms. The number of halogens is 4. The van der Waals surface area contributed by atoms with Crippen LogP contribution >= 0.6 is 0 Å². The van der Waals surface area contributed by atoms with Crippen LogP contribution < -0.4 is 4.90 Å². The van der Waals surface area contributed by atoms with E-state index in [1.54, 1.807) is 35.5 Å². The fourth-order valence-corrected chi connectivity index (χ4v) is 3.57. The lowest BCUT2D eigenvalue weighted by molar-refractivity contribution is -0.137.